The van der Waals surface area contributed by atoms with Gasteiger partial charge in [-0.05, 0) is 24.3 Å². The van der Waals surface area contributed by atoms with Gasteiger partial charge in [-0.25, -0.2) is 4.98 Å². The van der Waals surface area contributed by atoms with Crippen LogP contribution in [0.15, 0.2) is 61.2 Å². The fourth-order valence-electron chi connectivity index (χ4n) is 3.41. The van der Waals surface area contributed by atoms with Crippen molar-refractivity contribution in [3.63, 3.8) is 0 Å². The predicted octanol–water partition coefficient (Wildman–Crippen LogP) is 3.02. The number of hydrogen-bond donors (Lipinski definition) is 1. The summed E-state index contributed by atoms with van der Waals surface area (Å²) in [5.41, 5.74) is 1.60. The molecular weight excluding hydrogens is 425 g/mol. The normalized spacial score (nSPS) is 15.6. The van der Waals surface area contributed by atoms with Gasteiger partial charge in [-0.3, -0.25) is 9.78 Å². The third kappa shape index (κ3) is 5.30. The van der Waals surface area contributed by atoms with Gasteiger partial charge in [0.25, 0.3) is 5.91 Å². The Morgan fingerprint density at radius 3 is 2.83 bits per heavy atom. The molecule has 0 bridgehead atoms. The van der Waals surface area contributed by atoms with E-state index in [9.17, 15) is 4.79 Å². The molecule has 3 aromatic rings. The number of nitrogens with zero attached hydrogens (tertiary/aromatic N) is 4. The number of benzene rings is 1. The van der Waals surface area contributed by atoms with Gasteiger partial charge in [-0.2, -0.15) is 0 Å². The molecule has 0 saturated carbocycles. The van der Waals surface area contributed by atoms with Crippen LogP contribution in [0.25, 0.3) is 0 Å². The Balaban J connectivity index is 0.00000160. The standard InChI is InChI=1S/C21H23N5O2.2ClH/c1-25-10-9-24-20(25)19-14-23-8-11-26(19)21(27)17-5-2-6-18(12-17)28-15-16-4-3-7-22-13-16;;/h2-7,9-10,12-13,19,23H,8,11,14-15H2,1H3;2*1H. The number of amides is 1. The summed E-state index contributed by atoms with van der Waals surface area (Å²) in [6.07, 6.45) is 7.17. The molecule has 1 atom stereocenters. The first kappa shape index (κ1) is 23.7. The van der Waals surface area contributed by atoms with E-state index < -0.39 is 0 Å². The van der Waals surface area contributed by atoms with Gasteiger partial charge in [0.2, 0.25) is 0 Å². The zero-order valence-corrected chi connectivity index (χ0v) is 18.2. The molecule has 1 saturated heterocycles. The molecule has 0 spiro atoms. The largest absolute Gasteiger partial charge is 0.489 e. The monoisotopic (exact) mass is 449 g/mol. The van der Waals surface area contributed by atoms with Gasteiger partial charge >= 0.3 is 0 Å². The number of pyridine rings is 1. The molecule has 0 aliphatic carbocycles. The van der Waals surface area contributed by atoms with Crippen molar-refractivity contribution in [2.75, 3.05) is 19.6 Å². The van der Waals surface area contributed by atoms with E-state index in [1.807, 2.05) is 53.0 Å². The first-order valence-corrected chi connectivity index (χ1v) is 9.33. The van der Waals surface area contributed by atoms with Crippen molar-refractivity contribution >= 4 is 30.7 Å². The zero-order chi connectivity index (χ0) is 19.3. The summed E-state index contributed by atoms with van der Waals surface area (Å²) in [6.45, 7) is 2.50. The smallest absolute Gasteiger partial charge is 0.254 e. The Morgan fingerprint density at radius 2 is 2.10 bits per heavy atom. The molecule has 3 heterocycles. The fraction of sp³-hybridized carbons (Fsp3) is 0.286. The molecule has 1 N–H and O–H groups in total. The molecule has 1 amide bonds. The van der Waals surface area contributed by atoms with Crippen LogP contribution in [-0.4, -0.2) is 45.0 Å². The molecule has 4 rings (SSSR count). The third-order valence-corrected chi connectivity index (χ3v) is 4.87. The molecule has 2 aromatic heterocycles. The van der Waals surface area contributed by atoms with Crippen LogP contribution in [0.1, 0.15) is 27.8 Å². The summed E-state index contributed by atoms with van der Waals surface area (Å²) >= 11 is 0. The number of hydrogen-bond acceptors (Lipinski definition) is 5. The van der Waals surface area contributed by atoms with E-state index in [0.717, 1.165) is 17.9 Å². The van der Waals surface area contributed by atoms with E-state index >= 15 is 0 Å². The number of nitrogens with one attached hydrogen (secondary N) is 1. The number of imidazole rings is 1. The third-order valence-electron chi connectivity index (χ3n) is 4.87. The first-order chi connectivity index (χ1) is 13.7. The Labute approximate surface area is 188 Å². The van der Waals surface area contributed by atoms with Crippen LogP contribution in [-0.2, 0) is 13.7 Å². The maximum Gasteiger partial charge on any atom is 0.254 e. The minimum Gasteiger partial charge on any atom is -0.489 e. The van der Waals surface area contributed by atoms with Crippen LogP contribution in [0.4, 0.5) is 0 Å². The Kier molecular flexibility index (Phi) is 8.65. The van der Waals surface area contributed by atoms with E-state index in [1.54, 1.807) is 24.7 Å². The molecule has 7 nitrogen and oxygen atoms in total. The van der Waals surface area contributed by atoms with Crippen LogP contribution >= 0.6 is 24.8 Å². The van der Waals surface area contributed by atoms with E-state index in [-0.39, 0.29) is 36.8 Å². The van der Waals surface area contributed by atoms with E-state index in [4.69, 9.17) is 4.74 Å². The van der Waals surface area contributed by atoms with Gasteiger partial charge in [0.15, 0.2) is 0 Å². The second-order valence-electron chi connectivity index (χ2n) is 6.79. The van der Waals surface area contributed by atoms with Crippen molar-refractivity contribution in [1.29, 1.82) is 0 Å². The first-order valence-electron chi connectivity index (χ1n) is 9.33. The number of aryl methyl sites for hydroxylation is 1. The number of ether oxygens (including phenoxy) is 1. The van der Waals surface area contributed by atoms with E-state index in [0.29, 0.717) is 31.0 Å². The molecule has 1 aliphatic heterocycles. The van der Waals surface area contributed by atoms with E-state index in [1.165, 1.54) is 0 Å². The molecule has 160 valence electrons. The van der Waals surface area contributed by atoms with Crippen LogP contribution in [0.5, 0.6) is 5.75 Å². The van der Waals surface area contributed by atoms with E-state index in [2.05, 4.69) is 15.3 Å². The summed E-state index contributed by atoms with van der Waals surface area (Å²) in [5, 5.41) is 3.36. The van der Waals surface area contributed by atoms with Crippen molar-refractivity contribution < 1.29 is 9.53 Å². The van der Waals surface area contributed by atoms with Crippen LogP contribution in [0, 0.1) is 0 Å². The lowest BCUT2D eigenvalue weighted by Crippen LogP contribution is -2.49. The Hall–Kier alpha value is -2.61. The summed E-state index contributed by atoms with van der Waals surface area (Å²) < 4.78 is 7.81. The average molecular weight is 450 g/mol. The quantitative estimate of drug-likeness (QED) is 0.647. The van der Waals surface area contributed by atoms with Gasteiger partial charge in [-0.15, -0.1) is 24.8 Å². The number of carbonyl (C=O) groups excluding carboxylic acids is 1. The summed E-state index contributed by atoms with van der Waals surface area (Å²) in [4.78, 5) is 23.7. The number of rotatable bonds is 5. The minimum absolute atomic E-state index is 0. The van der Waals surface area contributed by atoms with Crippen LogP contribution < -0.4 is 10.1 Å². The molecule has 1 aliphatic rings. The molecule has 30 heavy (non-hydrogen) atoms. The number of carbonyl (C=O) groups is 1. The Morgan fingerprint density at radius 1 is 1.23 bits per heavy atom. The molecule has 1 unspecified atom stereocenters. The summed E-state index contributed by atoms with van der Waals surface area (Å²) in [6, 6.07) is 11.1. The molecule has 0 radical (unpaired) electrons. The van der Waals surface area contributed by atoms with Crippen molar-refractivity contribution in [3.05, 3.63) is 78.1 Å². The molecule has 9 heteroatoms. The number of piperazine rings is 1. The maximum absolute atomic E-state index is 13.2. The lowest BCUT2D eigenvalue weighted by atomic mass is 10.1. The highest BCUT2D eigenvalue weighted by atomic mass is 35.5. The molecular formula is C21H25Cl2N5O2. The van der Waals surface area contributed by atoms with Crippen molar-refractivity contribution in [2.24, 2.45) is 7.05 Å². The highest BCUT2D eigenvalue weighted by Gasteiger charge is 2.31. The van der Waals surface area contributed by atoms with Crippen molar-refractivity contribution in [3.8, 4) is 5.75 Å². The maximum atomic E-state index is 13.2. The van der Waals surface area contributed by atoms with Gasteiger partial charge in [0.1, 0.15) is 24.2 Å². The van der Waals surface area contributed by atoms with Crippen molar-refractivity contribution in [2.45, 2.75) is 12.6 Å². The van der Waals surface area contributed by atoms with Gasteiger partial charge < -0.3 is 19.5 Å². The van der Waals surface area contributed by atoms with Crippen molar-refractivity contribution in [1.82, 2.24) is 24.8 Å². The second kappa shape index (κ2) is 11.0. The van der Waals surface area contributed by atoms with Gasteiger partial charge in [0, 0.05) is 62.6 Å². The predicted molar refractivity (Wildman–Crippen MR) is 119 cm³/mol. The SMILES string of the molecule is Cl.Cl.Cn1ccnc1C1CNCCN1C(=O)c1cccc(OCc2cccnc2)c1. The number of aromatic nitrogens is 3. The highest BCUT2D eigenvalue weighted by molar-refractivity contribution is 5.95. The van der Waals surface area contributed by atoms with Gasteiger partial charge in [-0.1, -0.05) is 12.1 Å². The number of halogens is 2. The Bertz CT molecular complexity index is 951. The molecule has 1 fully saturated rings. The second-order valence-corrected chi connectivity index (χ2v) is 6.79. The lowest BCUT2D eigenvalue weighted by molar-refractivity contribution is 0.0620. The highest BCUT2D eigenvalue weighted by Crippen LogP contribution is 2.24. The topological polar surface area (TPSA) is 72.3 Å². The molecule has 1 aromatic carbocycles. The lowest BCUT2D eigenvalue weighted by Gasteiger charge is -2.35. The summed E-state index contributed by atoms with van der Waals surface area (Å²) in [5.74, 6) is 1.53. The average Bonchev–Trinajstić information content (AvgIpc) is 3.18. The zero-order valence-electron chi connectivity index (χ0n) is 16.6. The van der Waals surface area contributed by atoms with Crippen LogP contribution in [0.3, 0.4) is 0 Å². The minimum atomic E-state index is -0.0961. The summed E-state index contributed by atoms with van der Waals surface area (Å²) in [7, 11) is 1.95. The van der Waals surface area contributed by atoms with Gasteiger partial charge in [0.05, 0.1) is 0 Å². The van der Waals surface area contributed by atoms with Crippen LogP contribution in [0.2, 0.25) is 0 Å². The fourth-order valence-corrected chi connectivity index (χ4v) is 3.41.